The van der Waals surface area contributed by atoms with E-state index in [0.717, 1.165) is 31.6 Å². The number of hydrogen-bond donors (Lipinski definition) is 2. The van der Waals surface area contributed by atoms with Crippen molar-refractivity contribution >= 4 is 42.1 Å². The Morgan fingerprint density at radius 1 is 1.41 bits per heavy atom. The smallest absolute Gasteiger partial charge is 0.248 e. The lowest BCUT2D eigenvalue weighted by Gasteiger charge is -2.36. The summed E-state index contributed by atoms with van der Waals surface area (Å²) in [7, 11) is 0. The highest BCUT2D eigenvalue weighted by atomic mass is 35.5. The highest BCUT2D eigenvalue weighted by molar-refractivity contribution is 7.07. The first-order chi connectivity index (χ1) is 9.81. The topological polar surface area (TPSA) is 71.8 Å². The molecule has 22 heavy (non-hydrogen) atoms. The minimum atomic E-state index is -0.579. The number of carbonyl (C=O) groups excluding carboxylic acids is 1. The normalized spacial score (nSPS) is 16.2. The molecule has 9 heteroatoms. The van der Waals surface area contributed by atoms with Gasteiger partial charge in [0.25, 0.3) is 0 Å². The van der Waals surface area contributed by atoms with Crippen molar-refractivity contribution in [2.45, 2.75) is 24.9 Å². The molecule has 1 fully saturated rings. The van der Waals surface area contributed by atoms with Gasteiger partial charge in [-0.25, -0.2) is 4.98 Å². The number of thiazole rings is 1. The molecule has 0 atom stereocenters. The maximum atomic E-state index is 12.7. The Labute approximate surface area is 145 Å². The summed E-state index contributed by atoms with van der Waals surface area (Å²) in [4.78, 5) is 16.9. The van der Waals surface area contributed by atoms with E-state index in [1.807, 2.05) is 17.6 Å². The predicted molar refractivity (Wildman–Crippen MR) is 90.8 cm³/mol. The van der Waals surface area contributed by atoms with Crippen LogP contribution in [0, 0.1) is 0 Å². The molecule has 3 heterocycles. The van der Waals surface area contributed by atoms with Crippen LogP contribution in [-0.4, -0.2) is 33.8 Å². The Morgan fingerprint density at radius 2 is 2.18 bits per heavy atom. The van der Waals surface area contributed by atoms with Gasteiger partial charge in [0, 0.05) is 17.8 Å². The maximum Gasteiger partial charge on any atom is 0.248 e. The average Bonchev–Trinajstić information content (AvgIpc) is 3.18. The van der Waals surface area contributed by atoms with Crippen LogP contribution < -0.4 is 10.6 Å². The van der Waals surface area contributed by atoms with Gasteiger partial charge in [-0.2, -0.15) is 5.10 Å². The number of piperidine rings is 1. The fourth-order valence-corrected chi connectivity index (χ4v) is 3.14. The lowest BCUT2D eigenvalue weighted by Crippen LogP contribution is -2.54. The van der Waals surface area contributed by atoms with Crippen LogP contribution in [0.25, 0.3) is 0 Å². The second-order valence-corrected chi connectivity index (χ2v) is 5.61. The van der Waals surface area contributed by atoms with Gasteiger partial charge >= 0.3 is 0 Å². The minimum Gasteiger partial charge on any atom is -0.348 e. The summed E-state index contributed by atoms with van der Waals surface area (Å²) >= 11 is 1.53. The molecule has 1 aliphatic heterocycles. The van der Waals surface area contributed by atoms with Crippen LogP contribution in [0.15, 0.2) is 29.4 Å². The molecular weight excluding hydrogens is 345 g/mol. The summed E-state index contributed by atoms with van der Waals surface area (Å²) in [5.41, 5.74) is 2.09. The third-order valence-corrected chi connectivity index (χ3v) is 4.35. The number of amides is 1. The number of halogens is 2. The zero-order chi connectivity index (χ0) is 13.8. The lowest BCUT2D eigenvalue weighted by molar-refractivity contribution is -0.132. The number of aromatic nitrogens is 3. The fraction of sp³-hybridized carbons (Fsp3) is 0.462. The molecule has 0 radical (unpaired) electrons. The van der Waals surface area contributed by atoms with Crippen molar-refractivity contribution in [3.63, 3.8) is 0 Å². The molecule has 1 aliphatic rings. The average molecular weight is 364 g/mol. The van der Waals surface area contributed by atoms with E-state index >= 15 is 0 Å². The molecule has 0 saturated carbocycles. The third-order valence-electron chi connectivity index (χ3n) is 3.71. The second-order valence-electron chi connectivity index (χ2n) is 4.89. The molecular formula is C13H19Cl2N5OS. The van der Waals surface area contributed by atoms with Crippen LogP contribution in [0.3, 0.4) is 0 Å². The van der Waals surface area contributed by atoms with E-state index in [-0.39, 0.29) is 30.7 Å². The molecule has 3 rings (SSSR count). The van der Waals surface area contributed by atoms with Gasteiger partial charge in [-0.15, -0.1) is 36.2 Å². The summed E-state index contributed by atoms with van der Waals surface area (Å²) in [6.07, 6.45) is 5.08. The van der Waals surface area contributed by atoms with Gasteiger partial charge in [0.05, 0.1) is 17.7 Å². The van der Waals surface area contributed by atoms with E-state index in [1.165, 1.54) is 11.3 Å². The third kappa shape index (κ3) is 3.78. The zero-order valence-corrected chi connectivity index (χ0v) is 14.3. The molecule has 2 aromatic rings. The van der Waals surface area contributed by atoms with Crippen molar-refractivity contribution < 1.29 is 4.79 Å². The Bertz CT molecular complexity index is 555. The van der Waals surface area contributed by atoms with Gasteiger partial charge in [-0.3, -0.25) is 9.48 Å². The monoisotopic (exact) mass is 363 g/mol. The van der Waals surface area contributed by atoms with Crippen LogP contribution in [0.4, 0.5) is 0 Å². The predicted octanol–water partition coefficient (Wildman–Crippen LogP) is 1.58. The molecule has 6 nitrogen and oxygen atoms in total. The Kier molecular flexibility index (Phi) is 7.28. The molecule has 0 unspecified atom stereocenters. The van der Waals surface area contributed by atoms with Gasteiger partial charge in [-0.05, 0) is 32.0 Å². The Hall–Kier alpha value is -1.15. The SMILES string of the molecule is Cl.Cl.O=C(NCc1cscn1)C1(n2cccn2)CCNCC1. The lowest BCUT2D eigenvalue weighted by atomic mass is 9.87. The number of nitrogens with zero attached hydrogens (tertiary/aromatic N) is 3. The maximum absolute atomic E-state index is 12.7. The van der Waals surface area contributed by atoms with Crippen LogP contribution in [0.5, 0.6) is 0 Å². The molecule has 0 aliphatic carbocycles. The number of nitrogens with one attached hydrogen (secondary N) is 2. The van der Waals surface area contributed by atoms with Crippen LogP contribution >= 0.6 is 36.2 Å². The van der Waals surface area contributed by atoms with E-state index in [1.54, 1.807) is 16.4 Å². The Balaban J connectivity index is 0.00000121. The summed E-state index contributed by atoms with van der Waals surface area (Å²) in [5.74, 6) is 0.0238. The largest absolute Gasteiger partial charge is 0.348 e. The van der Waals surface area contributed by atoms with Crippen molar-refractivity contribution in [1.29, 1.82) is 0 Å². The molecule has 2 aromatic heterocycles. The molecule has 2 N–H and O–H groups in total. The number of carbonyl (C=O) groups is 1. The van der Waals surface area contributed by atoms with E-state index in [0.29, 0.717) is 6.54 Å². The first-order valence-electron chi connectivity index (χ1n) is 6.67. The standard InChI is InChI=1S/C13H17N5OS.2ClH/c19-12(15-8-11-9-20-10-16-11)13(2-5-14-6-3-13)18-7-1-4-17-18;;/h1,4,7,9-10,14H,2-3,5-6,8H2,(H,15,19);2*1H. The minimum absolute atomic E-state index is 0. The van der Waals surface area contributed by atoms with Gasteiger partial charge in [-0.1, -0.05) is 0 Å². The zero-order valence-electron chi connectivity index (χ0n) is 11.9. The molecule has 1 amide bonds. The quantitative estimate of drug-likeness (QED) is 0.864. The molecule has 122 valence electrons. The van der Waals surface area contributed by atoms with Crippen molar-refractivity contribution in [2.24, 2.45) is 0 Å². The van der Waals surface area contributed by atoms with Crippen LogP contribution in [-0.2, 0) is 16.9 Å². The summed E-state index contributed by atoms with van der Waals surface area (Å²) in [6.45, 7) is 2.12. The number of hydrogen-bond acceptors (Lipinski definition) is 5. The van der Waals surface area contributed by atoms with E-state index in [4.69, 9.17) is 0 Å². The molecule has 0 spiro atoms. The van der Waals surface area contributed by atoms with Gasteiger partial charge < -0.3 is 10.6 Å². The number of rotatable bonds is 4. The molecule has 1 saturated heterocycles. The molecule has 0 aromatic carbocycles. The summed E-state index contributed by atoms with van der Waals surface area (Å²) in [5, 5.41) is 12.5. The summed E-state index contributed by atoms with van der Waals surface area (Å²) in [6, 6.07) is 1.86. The first kappa shape index (κ1) is 18.9. The highest BCUT2D eigenvalue weighted by Crippen LogP contribution is 2.27. The van der Waals surface area contributed by atoms with Crippen molar-refractivity contribution in [1.82, 2.24) is 25.4 Å². The van der Waals surface area contributed by atoms with Gasteiger partial charge in [0.2, 0.25) is 5.91 Å². The van der Waals surface area contributed by atoms with Crippen molar-refractivity contribution in [3.05, 3.63) is 35.0 Å². The second kappa shape index (κ2) is 8.47. The van der Waals surface area contributed by atoms with E-state index in [9.17, 15) is 4.79 Å². The van der Waals surface area contributed by atoms with Crippen molar-refractivity contribution in [2.75, 3.05) is 13.1 Å². The van der Waals surface area contributed by atoms with Gasteiger partial charge in [0.15, 0.2) is 0 Å². The van der Waals surface area contributed by atoms with Crippen LogP contribution in [0.2, 0.25) is 0 Å². The van der Waals surface area contributed by atoms with Crippen LogP contribution in [0.1, 0.15) is 18.5 Å². The van der Waals surface area contributed by atoms with E-state index in [2.05, 4.69) is 20.7 Å². The fourth-order valence-electron chi connectivity index (χ4n) is 2.58. The highest BCUT2D eigenvalue weighted by Gasteiger charge is 2.41. The Morgan fingerprint density at radius 3 is 2.77 bits per heavy atom. The van der Waals surface area contributed by atoms with E-state index < -0.39 is 5.54 Å². The summed E-state index contributed by atoms with van der Waals surface area (Å²) < 4.78 is 1.80. The first-order valence-corrected chi connectivity index (χ1v) is 7.62. The van der Waals surface area contributed by atoms with Gasteiger partial charge in [0.1, 0.15) is 5.54 Å². The molecule has 0 bridgehead atoms. The van der Waals surface area contributed by atoms with Crippen molar-refractivity contribution in [3.8, 4) is 0 Å².